The normalized spacial score (nSPS) is 16.7. The number of nitrogens with zero attached hydrogens (tertiary/aromatic N) is 2. The number of rotatable bonds is 3. The molecule has 1 fully saturated rings. The lowest BCUT2D eigenvalue weighted by atomic mass is 9.95. The summed E-state index contributed by atoms with van der Waals surface area (Å²) in [5, 5.41) is 7.27. The van der Waals surface area contributed by atoms with Gasteiger partial charge in [-0.15, -0.1) is 0 Å². The minimum Gasteiger partial charge on any atom is -0.348 e. The van der Waals surface area contributed by atoms with E-state index < -0.39 is 18.6 Å². The zero-order valence-corrected chi connectivity index (χ0v) is 12.6. The molecule has 0 unspecified atom stereocenters. The summed E-state index contributed by atoms with van der Waals surface area (Å²) in [6.45, 7) is -1.27. The van der Waals surface area contributed by atoms with Crippen LogP contribution in [-0.2, 0) is 6.54 Å². The van der Waals surface area contributed by atoms with Crippen LogP contribution in [0.1, 0.15) is 42.6 Å². The Morgan fingerprint density at radius 3 is 2.61 bits per heavy atom. The van der Waals surface area contributed by atoms with E-state index in [4.69, 9.17) is 0 Å². The van der Waals surface area contributed by atoms with Crippen molar-refractivity contribution in [1.29, 1.82) is 0 Å². The number of amides is 1. The summed E-state index contributed by atoms with van der Waals surface area (Å²) in [4.78, 5) is 12.6. The van der Waals surface area contributed by atoms with E-state index in [2.05, 4.69) is 10.4 Å². The van der Waals surface area contributed by atoms with E-state index in [1.54, 1.807) is 24.3 Å². The van der Waals surface area contributed by atoms with Crippen LogP contribution in [0.3, 0.4) is 0 Å². The number of carbonyl (C=O) groups excluding carboxylic acids is 1. The minimum absolute atomic E-state index is 0.0106. The molecule has 0 saturated heterocycles. The third kappa shape index (κ3) is 3.65. The van der Waals surface area contributed by atoms with Gasteiger partial charge in [-0.05, 0) is 18.9 Å². The molecule has 1 N–H and O–H groups in total. The first-order valence-electron chi connectivity index (χ1n) is 7.77. The molecule has 3 rings (SSSR count). The quantitative estimate of drug-likeness (QED) is 0.936. The number of carbonyl (C=O) groups is 1. The number of hydrogen-bond donors (Lipinski definition) is 1. The van der Waals surface area contributed by atoms with Crippen LogP contribution < -0.4 is 5.32 Å². The zero-order valence-electron chi connectivity index (χ0n) is 12.6. The minimum atomic E-state index is -4.43. The largest absolute Gasteiger partial charge is 0.408 e. The van der Waals surface area contributed by atoms with E-state index in [0.717, 1.165) is 36.8 Å². The van der Waals surface area contributed by atoms with Gasteiger partial charge in [-0.3, -0.25) is 4.79 Å². The molecule has 7 heteroatoms. The molecule has 0 radical (unpaired) electrons. The van der Waals surface area contributed by atoms with E-state index in [-0.39, 0.29) is 11.7 Å². The maximum atomic E-state index is 12.8. The summed E-state index contributed by atoms with van der Waals surface area (Å²) in [6, 6.07) is 6.66. The molecule has 0 spiro atoms. The highest BCUT2D eigenvalue weighted by Crippen LogP contribution is 2.24. The Labute approximate surface area is 131 Å². The van der Waals surface area contributed by atoms with Crippen LogP contribution in [0.15, 0.2) is 24.3 Å². The SMILES string of the molecule is O=C(NC1CCCCC1)c1c2ccccc2nn1CC(F)(F)F. The summed E-state index contributed by atoms with van der Waals surface area (Å²) >= 11 is 0. The van der Waals surface area contributed by atoms with Crippen molar-refractivity contribution in [3.8, 4) is 0 Å². The molecule has 1 aliphatic rings. The number of hydrogen-bond acceptors (Lipinski definition) is 2. The third-order valence-electron chi connectivity index (χ3n) is 4.13. The molecule has 1 aromatic heterocycles. The average molecular weight is 325 g/mol. The zero-order chi connectivity index (χ0) is 16.4. The first kappa shape index (κ1) is 15.8. The molecule has 4 nitrogen and oxygen atoms in total. The van der Waals surface area contributed by atoms with Gasteiger partial charge >= 0.3 is 6.18 Å². The van der Waals surface area contributed by atoms with Crippen molar-refractivity contribution in [2.45, 2.75) is 50.9 Å². The van der Waals surface area contributed by atoms with Crippen LogP contribution in [-0.4, -0.2) is 27.9 Å². The molecule has 0 aliphatic heterocycles. The molecule has 1 amide bonds. The highest BCUT2D eigenvalue weighted by Gasteiger charge is 2.32. The molecule has 0 bridgehead atoms. The predicted molar refractivity (Wildman–Crippen MR) is 80.1 cm³/mol. The Bertz CT molecular complexity index is 702. The number of fused-ring (bicyclic) bond motifs is 1. The van der Waals surface area contributed by atoms with Crippen molar-refractivity contribution in [3.63, 3.8) is 0 Å². The first-order valence-corrected chi connectivity index (χ1v) is 7.77. The van der Waals surface area contributed by atoms with Gasteiger partial charge in [0.15, 0.2) is 0 Å². The monoisotopic (exact) mass is 325 g/mol. The Kier molecular flexibility index (Phi) is 4.28. The molecule has 1 saturated carbocycles. The second kappa shape index (κ2) is 6.22. The molecule has 1 aliphatic carbocycles. The van der Waals surface area contributed by atoms with Gasteiger partial charge in [0, 0.05) is 11.4 Å². The lowest BCUT2D eigenvalue weighted by molar-refractivity contribution is -0.142. The summed E-state index contributed by atoms with van der Waals surface area (Å²) < 4.78 is 39.1. The van der Waals surface area contributed by atoms with Crippen LogP contribution in [0.25, 0.3) is 10.9 Å². The van der Waals surface area contributed by atoms with Gasteiger partial charge in [0.05, 0.1) is 5.52 Å². The van der Waals surface area contributed by atoms with Gasteiger partial charge in [0.2, 0.25) is 0 Å². The van der Waals surface area contributed by atoms with E-state index in [1.807, 2.05) is 0 Å². The number of halogens is 3. The molecular formula is C16H18F3N3O. The number of aromatic nitrogens is 2. The summed E-state index contributed by atoms with van der Waals surface area (Å²) in [6.07, 6.45) is 0.526. The Morgan fingerprint density at radius 2 is 1.91 bits per heavy atom. The molecular weight excluding hydrogens is 307 g/mol. The van der Waals surface area contributed by atoms with Gasteiger partial charge in [0.1, 0.15) is 12.2 Å². The van der Waals surface area contributed by atoms with E-state index in [9.17, 15) is 18.0 Å². The van der Waals surface area contributed by atoms with Gasteiger partial charge in [-0.25, -0.2) is 4.68 Å². The van der Waals surface area contributed by atoms with Crippen molar-refractivity contribution in [2.75, 3.05) is 0 Å². The van der Waals surface area contributed by atoms with Crippen LogP contribution in [0.2, 0.25) is 0 Å². The highest BCUT2D eigenvalue weighted by molar-refractivity contribution is 6.05. The van der Waals surface area contributed by atoms with E-state index in [0.29, 0.717) is 10.9 Å². The van der Waals surface area contributed by atoms with Crippen molar-refractivity contribution in [2.24, 2.45) is 0 Å². The molecule has 2 aromatic rings. The predicted octanol–water partition coefficient (Wildman–Crippen LogP) is 3.66. The van der Waals surface area contributed by atoms with Crippen LogP contribution in [0.5, 0.6) is 0 Å². The van der Waals surface area contributed by atoms with E-state index >= 15 is 0 Å². The maximum absolute atomic E-state index is 12.8. The fourth-order valence-electron chi connectivity index (χ4n) is 3.10. The Hall–Kier alpha value is -2.05. The lowest BCUT2D eigenvalue weighted by Crippen LogP contribution is -2.38. The lowest BCUT2D eigenvalue weighted by Gasteiger charge is -2.23. The first-order chi connectivity index (χ1) is 10.9. The fourth-order valence-corrected chi connectivity index (χ4v) is 3.10. The standard InChI is InChI=1S/C16H18F3N3O/c17-16(18,19)10-22-14(12-8-4-5-9-13(12)21-22)15(23)20-11-6-2-1-3-7-11/h4-5,8-9,11H,1-3,6-7,10H2,(H,20,23). The third-order valence-corrected chi connectivity index (χ3v) is 4.13. The van der Waals surface area contributed by atoms with Crippen LogP contribution >= 0.6 is 0 Å². The number of nitrogens with one attached hydrogen (secondary N) is 1. The second-order valence-electron chi connectivity index (χ2n) is 5.95. The Balaban J connectivity index is 1.93. The van der Waals surface area contributed by atoms with Crippen LogP contribution in [0.4, 0.5) is 13.2 Å². The molecule has 1 aromatic carbocycles. The van der Waals surface area contributed by atoms with E-state index in [1.165, 1.54) is 0 Å². The van der Waals surface area contributed by atoms with Gasteiger partial charge in [0.25, 0.3) is 5.91 Å². The average Bonchev–Trinajstić information content (AvgIpc) is 2.83. The maximum Gasteiger partial charge on any atom is 0.408 e. The topological polar surface area (TPSA) is 46.9 Å². The van der Waals surface area contributed by atoms with Crippen molar-refractivity contribution in [3.05, 3.63) is 30.0 Å². The van der Waals surface area contributed by atoms with Gasteiger partial charge < -0.3 is 5.32 Å². The molecule has 1 heterocycles. The fraction of sp³-hybridized carbons (Fsp3) is 0.500. The smallest absolute Gasteiger partial charge is 0.348 e. The van der Waals surface area contributed by atoms with Gasteiger partial charge in [-0.1, -0.05) is 37.5 Å². The number of alkyl halides is 3. The second-order valence-corrected chi connectivity index (χ2v) is 5.95. The molecule has 23 heavy (non-hydrogen) atoms. The van der Waals surface area contributed by atoms with Crippen LogP contribution in [0, 0.1) is 0 Å². The highest BCUT2D eigenvalue weighted by atomic mass is 19.4. The molecule has 0 atom stereocenters. The molecule has 124 valence electrons. The summed E-state index contributed by atoms with van der Waals surface area (Å²) in [5.74, 6) is -0.477. The Morgan fingerprint density at radius 1 is 1.22 bits per heavy atom. The van der Waals surface area contributed by atoms with Crippen molar-refractivity contribution >= 4 is 16.8 Å². The summed E-state index contributed by atoms with van der Waals surface area (Å²) in [7, 11) is 0. The van der Waals surface area contributed by atoms with Crippen molar-refractivity contribution in [1.82, 2.24) is 15.1 Å². The van der Waals surface area contributed by atoms with Crippen molar-refractivity contribution < 1.29 is 18.0 Å². The van der Waals surface area contributed by atoms with Gasteiger partial charge in [-0.2, -0.15) is 18.3 Å². The summed E-state index contributed by atoms with van der Waals surface area (Å²) in [5.41, 5.74) is 0.383. The number of benzene rings is 1.